The van der Waals surface area contributed by atoms with Crippen molar-refractivity contribution >= 4 is 5.97 Å². The molecule has 0 unspecified atom stereocenters. The van der Waals surface area contributed by atoms with Crippen molar-refractivity contribution in [3.8, 4) is 11.5 Å². The van der Waals surface area contributed by atoms with Crippen LogP contribution in [0.3, 0.4) is 0 Å². The topological polar surface area (TPSA) is 54.0 Å². The minimum Gasteiger partial charge on any atom is -0.469 e. The molecule has 1 aromatic rings. The lowest BCUT2D eigenvalue weighted by atomic mass is 9.78. The highest BCUT2D eigenvalue weighted by atomic mass is 16.7. The second-order valence-electron chi connectivity index (χ2n) is 5.82. The fourth-order valence-corrected chi connectivity index (χ4v) is 3.93. The zero-order valence-corrected chi connectivity index (χ0v) is 12.0. The van der Waals surface area contributed by atoms with Gasteiger partial charge in [0, 0.05) is 0 Å². The molecule has 5 nitrogen and oxygen atoms in total. The van der Waals surface area contributed by atoms with Crippen molar-refractivity contribution in [2.45, 2.75) is 31.3 Å². The molecule has 1 aliphatic carbocycles. The molecule has 3 aliphatic rings. The van der Waals surface area contributed by atoms with Crippen molar-refractivity contribution in [1.29, 1.82) is 0 Å². The van der Waals surface area contributed by atoms with Gasteiger partial charge >= 0.3 is 5.97 Å². The van der Waals surface area contributed by atoms with Crippen LogP contribution < -0.4 is 9.47 Å². The highest BCUT2D eigenvalue weighted by Gasteiger charge is 2.52. The first-order chi connectivity index (χ1) is 10.2. The lowest BCUT2D eigenvalue weighted by Crippen LogP contribution is -2.42. The van der Waals surface area contributed by atoms with E-state index >= 15 is 0 Å². The van der Waals surface area contributed by atoms with Gasteiger partial charge in [-0.25, -0.2) is 0 Å². The molecule has 4 rings (SSSR count). The zero-order chi connectivity index (χ0) is 14.4. The Morgan fingerprint density at radius 3 is 2.95 bits per heavy atom. The van der Waals surface area contributed by atoms with Crippen molar-refractivity contribution in [2.24, 2.45) is 5.92 Å². The van der Waals surface area contributed by atoms with Gasteiger partial charge in [0.05, 0.1) is 19.6 Å². The van der Waals surface area contributed by atoms with Gasteiger partial charge in [-0.1, -0.05) is 0 Å². The van der Waals surface area contributed by atoms with Crippen LogP contribution in [-0.4, -0.2) is 26.5 Å². The molecule has 0 amide bonds. The predicted octanol–water partition coefficient (Wildman–Crippen LogP) is 2.16. The van der Waals surface area contributed by atoms with E-state index < -0.39 is 5.60 Å². The predicted molar refractivity (Wildman–Crippen MR) is 73.3 cm³/mol. The number of carbonyl (C=O) groups excluding carboxylic acids is 1. The Kier molecular flexibility index (Phi) is 2.85. The lowest BCUT2D eigenvalue weighted by molar-refractivity contribution is -0.161. The van der Waals surface area contributed by atoms with Gasteiger partial charge in [0.1, 0.15) is 5.60 Å². The summed E-state index contributed by atoms with van der Waals surface area (Å²) in [5, 5.41) is 0. The summed E-state index contributed by atoms with van der Waals surface area (Å²) in [6, 6.07) is 4.03. The molecule has 0 radical (unpaired) electrons. The summed E-state index contributed by atoms with van der Waals surface area (Å²) in [6.45, 7) is 0.882. The number of fused-ring (bicyclic) bond motifs is 3. The summed E-state index contributed by atoms with van der Waals surface area (Å²) in [4.78, 5) is 12.2. The Balaban J connectivity index is 1.84. The number of ether oxygens (including phenoxy) is 4. The van der Waals surface area contributed by atoms with Gasteiger partial charge in [-0.05, 0) is 48.9 Å². The van der Waals surface area contributed by atoms with E-state index in [9.17, 15) is 4.79 Å². The van der Waals surface area contributed by atoms with Crippen LogP contribution in [0, 0.1) is 5.92 Å². The van der Waals surface area contributed by atoms with Gasteiger partial charge in [0.2, 0.25) is 6.79 Å². The first-order valence-electron chi connectivity index (χ1n) is 7.39. The van der Waals surface area contributed by atoms with Crippen LogP contribution in [0.1, 0.15) is 30.4 Å². The Bertz CT molecular complexity index is 597. The number of hydrogen-bond donors (Lipinski definition) is 0. The number of rotatable bonds is 1. The van der Waals surface area contributed by atoms with Crippen molar-refractivity contribution in [2.75, 3.05) is 20.5 Å². The molecule has 5 heteroatoms. The van der Waals surface area contributed by atoms with E-state index in [0.717, 1.165) is 42.7 Å². The van der Waals surface area contributed by atoms with E-state index in [-0.39, 0.29) is 18.7 Å². The van der Waals surface area contributed by atoms with Crippen LogP contribution in [0.15, 0.2) is 12.1 Å². The Morgan fingerprint density at radius 1 is 1.33 bits per heavy atom. The third-order valence-electron chi connectivity index (χ3n) is 4.87. The first kappa shape index (κ1) is 13.0. The third-order valence-corrected chi connectivity index (χ3v) is 4.87. The van der Waals surface area contributed by atoms with E-state index in [1.807, 2.05) is 12.1 Å². The number of esters is 1. The third kappa shape index (κ3) is 1.77. The fraction of sp³-hybridized carbons (Fsp3) is 0.562. The molecular formula is C16H18O5. The van der Waals surface area contributed by atoms with E-state index in [1.165, 1.54) is 12.7 Å². The molecule has 0 N–H and O–H groups in total. The van der Waals surface area contributed by atoms with Crippen LogP contribution in [0.25, 0.3) is 0 Å². The van der Waals surface area contributed by atoms with Crippen molar-refractivity contribution in [1.82, 2.24) is 0 Å². The Labute approximate surface area is 123 Å². The molecular weight excluding hydrogens is 272 g/mol. The van der Waals surface area contributed by atoms with Crippen LogP contribution in [-0.2, 0) is 26.3 Å². The van der Waals surface area contributed by atoms with Gasteiger partial charge in [0.15, 0.2) is 11.5 Å². The number of carbonyl (C=O) groups is 1. The maximum Gasteiger partial charge on any atom is 0.311 e. The SMILES string of the molecule is COC(=O)[C@H]1CCC[C@]12OCCc1cc3c(cc12)OCO3. The molecule has 2 atom stereocenters. The summed E-state index contributed by atoms with van der Waals surface area (Å²) in [5.74, 6) is 1.12. The summed E-state index contributed by atoms with van der Waals surface area (Å²) >= 11 is 0. The maximum atomic E-state index is 12.2. The van der Waals surface area contributed by atoms with Crippen LogP contribution in [0.5, 0.6) is 11.5 Å². The van der Waals surface area contributed by atoms with E-state index in [4.69, 9.17) is 18.9 Å². The minimum absolute atomic E-state index is 0.182. The van der Waals surface area contributed by atoms with Crippen molar-refractivity contribution in [3.05, 3.63) is 23.3 Å². The van der Waals surface area contributed by atoms with Gasteiger partial charge in [-0.3, -0.25) is 4.79 Å². The quantitative estimate of drug-likeness (QED) is 0.742. The molecule has 0 saturated heterocycles. The first-order valence-corrected chi connectivity index (χ1v) is 7.39. The highest BCUT2D eigenvalue weighted by molar-refractivity contribution is 5.75. The normalized spacial score (nSPS) is 29.5. The second-order valence-corrected chi connectivity index (χ2v) is 5.82. The fourth-order valence-electron chi connectivity index (χ4n) is 3.93. The Morgan fingerprint density at radius 2 is 2.14 bits per heavy atom. The highest BCUT2D eigenvalue weighted by Crippen LogP contribution is 2.52. The Hall–Kier alpha value is -1.75. The standard InChI is InChI=1S/C16H18O5/c1-18-15(17)11-3-2-5-16(11)12-8-14-13(19-9-20-14)7-10(12)4-6-21-16/h7-8,11H,2-6,9H2,1H3/t11-,16+/m1/s1. The van der Waals surface area contributed by atoms with Gasteiger partial charge in [0.25, 0.3) is 0 Å². The van der Waals surface area contributed by atoms with Crippen LogP contribution >= 0.6 is 0 Å². The van der Waals surface area contributed by atoms with E-state index in [1.54, 1.807) is 0 Å². The smallest absolute Gasteiger partial charge is 0.311 e. The van der Waals surface area contributed by atoms with Crippen molar-refractivity contribution < 1.29 is 23.7 Å². The molecule has 21 heavy (non-hydrogen) atoms. The maximum absolute atomic E-state index is 12.2. The molecule has 2 heterocycles. The molecule has 0 aromatic heterocycles. The molecule has 1 spiro atoms. The number of benzene rings is 1. The summed E-state index contributed by atoms with van der Waals surface area (Å²) in [6.07, 6.45) is 3.45. The number of hydrogen-bond acceptors (Lipinski definition) is 5. The molecule has 1 saturated carbocycles. The number of methoxy groups -OCH3 is 1. The van der Waals surface area contributed by atoms with Gasteiger partial charge < -0.3 is 18.9 Å². The average molecular weight is 290 g/mol. The summed E-state index contributed by atoms with van der Waals surface area (Å²) in [5.41, 5.74) is 1.72. The molecule has 1 fully saturated rings. The zero-order valence-electron chi connectivity index (χ0n) is 12.0. The molecule has 2 aliphatic heterocycles. The average Bonchev–Trinajstić information content (AvgIpc) is 3.12. The minimum atomic E-state index is -0.554. The van der Waals surface area contributed by atoms with E-state index in [2.05, 4.69) is 0 Å². The molecule has 112 valence electrons. The monoisotopic (exact) mass is 290 g/mol. The van der Waals surface area contributed by atoms with Gasteiger partial charge in [-0.2, -0.15) is 0 Å². The molecule has 1 aromatic carbocycles. The van der Waals surface area contributed by atoms with E-state index in [0.29, 0.717) is 6.61 Å². The lowest BCUT2D eigenvalue weighted by Gasteiger charge is -2.39. The van der Waals surface area contributed by atoms with Crippen LogP contribution in [0.2, 0.25) is 0 Å². The summed E-state index contributed by atoms with van der Waals surface area (Å²) < 4.78 is 22.1. The summed E-state index contributed by atoms with van der Waals surface area (Å²) in [7, 11) is 1.44. The second kappa shape index (κ2) is 4.63. The van der Waals surface area contributed by atoms with Gasteiger partial charge in [-0.15, -0.1) is 0 Å². The van der Waals surface area contributed by atoms with Crippen molar-refractivity contribution in [3.63, 3.8) is 0 Å². The largest absolute Gasteiger partial charge is 0.469 e. The van der Waals surface area contributed by atoms with Crippen LogP contribution in [0.4, 0.5) is 0 Å². The molecule has 0 bridgehead atoms.